The number of H-pyrrole nitrogens is 1. The van der Waals surface area contributed by atoms with Crippen LogP contribution in [-0.4, -0.2) is 49.4 Å². The highest BCUT2D eigenvalue weighted by molar-refractivity contribution is 5.92. The van der Waals surface area contributed by atoms with Crippen molar-refractivity contribution in [2.45, 2.75) is 51.7 Å². The molecule has 8 nitrogen and oxygen atoms in total. The Morgan fingerprint density at radius 2 is 2.24 bits per heavy atom. The van der Waals surface area contributed by atoms with Crippen molar-refractivity contribution < 1.29 is 9.53 Å². The lowest BCUT2D eigenvalue weighted by Gasteiger charge is -2.33. The lowest BCUT2D eigenvalue weighted by Crippen LogP contribution is -2.39. The third kappa shape index (κ3) is 3.58. The molecular formula is C17H26N6O2. The van der Waals surface area contributed by atoms with Gasteiger partial charge in [-0.3, -0.25) is 14.6 Å². The van der Waals surface area contributed by atoms with Gasteiger partial charge in [-0.25, -0.2) is 4.98 Å². The van der Waals surface area contributed by atoms with Crippen molar-refractivity contribution in [2.75, 3.05) is 13.7 Å². The number of aromatic nitrogens is 5. The minimum Gasteiger partial charge on any atom is -0.377 e. The van der Waals surface area contributed by atoms with Crippen LogP contribution in [-0.2, 0) is 18.4 Å². The summed E-state index contributed by atoms with van der Waals surface area (Å²) in [6.45, 7) is 5.27. The van der Waals surface area contributed by atoms with Crippen LogP contribution in [0, 0.1) is 0 Å². The fourth-order valence-corrected chi connectivity index (χ4v) is 3.38. The highest BCUT2D eigenvalue weighted by atomic mass is 16.5. The SMILES string of the molecule is COCc1nc([C@@H]2CCCCN2C(=O)c2cc(C(C)C)n(C)n2)n[nH]1. The van der Waals surface area contributed by atoms with Gasteiger partial charge in [0.2, 0.25) is 0 Å². The van der Waals surface area contributed by atoms with Gasteiger partial charge in [0.05, 0.1) is 6.04 Å². The number of aromatic amines is 1. The van der Waals surface area contributed by atoms with Crippen LogP contribution >= 0.6 is 0 Å². The maximum Gasteiger partial charge on any atom is 0.274 e. The van der Waals surface area contributed by atoms with Gasteiger partial charge in [0, 0.05) is 26.4 Å². The van der Waals surface area contributed by atoms with E-state index in [9.17, 15) is 4.79 Å². The molecular weight excluding hydrogens is 320 g/mol. The third-order valence-electron chi connectivity index (χ3n) is 4.62. The van der Waals surface area contributed by atoms with Crippen molar-refractivity contribution in [3.05, 3.63) is 29.1 Å². The molecule has 25 heavy (non-hydrogen) atoms. The average molecular weight is 346 g/mol. The van der Waals surface area contributed by atoms with E-state index in [-0.39, 0.29) is 11.9 Å². The van der Waals surface area contributed by atoms with E-state index in [1.807, 2.05) is 18.0 Å². The van der Waals surface area contributed by atoms with Gasteiger partial charge in [-0.15, -0.1) is 0 Å². The van der Waals surface area contributed by atoms with E-state index < -0.39 is 0 Å². The topological polar surface area (TPSA) is 88.9 Å². The van der Waals surface area contributed by atoms with Crippen LogP contribution in [0.5, 0.6) is 0 Å². The van der Waals surface area contributed by atoms with Crippen molar-refractivity contribution in [1.29, 1.82) is 0 Å². The van der Waals surface area contributed by atoms with E-state index in [0.717, 1.165) is 25.0 Å². The van der Waals surface area contributed by atoms with E-state index in [4.69, 9.17) is 4.74 Å². The molecule has 0 saturated carbocycles. The Kier molecular flexibility index (Phi) is 5.17. The molecule has 1 saturated heterocycles. The Morgan fingerprint density at radius 1 is 1.44 bits per heavy atom. The largest absolute Gasteiger partial charge is 0.377 e. The summed E-state index contributed by atoms with van der Waals surface area (Å²) in [5.74, 6) is 1.60. The quantitative estimate of drug-likeness (QED) is 0.896. The number of methoxy groups -OCH3 is 1. The van der Waals surface area contributed by atoms with Crippen LogP contribution in [0.4, 0.5) is 0 Å². The molecule has 0 radical (unpaired) electrons. The van der Waals surface area contributed by atoms with Crippen molar-refractivity contribution >= 4 is 5.91 Å². The number of carbonyl (C=O) groups excluding carboxylic acids is 1. The van der Waals surface area contributed by atoms with Crippen LogP contribution in [0.3, 0.4) is 0 Å². The Balaban J connectivity index is 1.84. The Bertz CT molecular complexity index is 735. The first-order valence-electron chi connectivity index (χ1n) is 8.76. The normalized spacial score (nSPS) is 18.1. The summed E-state index contributed by atoms with van der Waals surface area (Å²) >= 11 is 0. The van der Waals surface area contributed by atoms with Gasteiger partial charge in [-0.2, -0.15) is 10.2 Å². The monoisotopic (exact) mass is 346 g/mol. The first kappa shape index (κ1) is 17.6. The molecule has 0 aliphatic carbocycles. The van der Waals surface area contributed by atoms with Gasteiger partial charge in [-0.05, 0) is 31.2 Å². The Hall–Kier alpha value is -2.22. The Labute approximate surface area is 147 Å². The average Bonchev–Trinajstić information content (AvgIpc) is 3.21. The van der Waals surface area contributed by atoms with Gasteiger partial charge in [0.1, 0.15) is 6.61 Å². The molecule has 3 heterocycles. The number of nitrogens with one attached hydrogen (secondary N) is 1. The second kappa shape index (κ2) is 7.35. The third-order valence-corrected chi connectivity index (χ3v) is 4.62. The van der Waals surface area contributed by atoms with Crippen molar-refractivity contribution in [3.63, 3.8) is 0 Å². The van der Waals surface area contributed by atoms with E-state index in [1.54, 1.807) is 11.8 Å². The van der Waals surface area contributed by atoms with Crippen molar-refractivity contribution in [1.82, 2.24) is 29.9 Å². The van der Waals surface area contributed by atoms with E-state index >= 15 is 0 Å². The predicted molar refractivity (Wildman–Crippen MR) is 92.0 cm³/mol. The molecule has 1 amide bonds. The van der Waals surface area contributed by atoms with E-state index in [2.05, 4.69) is 34.1 Å². The summed E-state index contributed by atoms with van der Waals surface area (Å²) in [4.78, 5) is 19.4. The zero-order valence-corrected chi connectivity index (χ0v) is 15.3. The van der Waals surface area contributed by atoms with E-state index in [0.29, 0.717) is 36.4 Å². The number of ether oxygens (including phenoxy) is 1. The van der Waals surface area contributed by atoms with Crippen molar-refractivity contribution in [2.24, 2.45) is 7.05 Å². The summed E-state index contributed by atoms with van der Waals surface area (Å²) in [6, 6.07) is 1.78. The van der Waals surface area contributed by atoms with Gasteiger partial charge in [0.25, 0.3) is 5.91 Å². The van der Waals surface area contributed by atoms with Gasteiger partial charge >= 0.3 is 0 Å². The molecule has 2 aromatic rings. The molecule has 3 rings (SSSR count). The lowest BCUT2D eigenvalue weighted by molar-refractivity contribution is 0.0593. The highest BCUT2D eigenvalue weighted by Gasteiger charge is 2.32. The number of hydrogen-bond acceptors (Lipinski definition) is 5. The second-order valence-corrected chi connectivity index (χ2v) is 6.82. The van der Waals surface area contributed by atoms with Crippen LogP contribution in [0.15, 0.2) is 6.07 Å². The molecule has 1 atom stereocenters. The number of carbonyl (C=O) groups is 1. The van der Waals surface area contributed by atoms with Gasteiger partial charge in [-0.1, -0.05) is 13.8 Å². The minimum absolute atomic E-state index is 0.0507. The summed E-state index contributed by atoms with van der Waals surface area (Å²) in [6.07, 6.45) is 2.91. The number of piperidine rings is 1. The smallest absolute Gasteiger partial charge is 0.274 e. The van der Waals surface area contributed by atoms with E-state index in [1.165, 1.54) is 0 Å². The fourth-order valence-electron chi connectivity index (χ4n) is 3.38. The molecule has 136 valence electrons. The molecule has 1 aliphatic heterocycles. The minimum atomic E-state index is -0.118. The molecule has 2 aromatic heterocycles. The molecule has 8 heteroatoms. The summed E-state index contributed by atoms with van der Waals surface area (Å²) < 4.78 is 6.88. The fraction of sp³-hybridized carbons (Fsp3) is 0.647. The number of aryl methyl sites for hydroxylation is 1. The molecule has 1 aliphatic rings. The Morgan fingerprint density at radius 3 is 2.92 bits per heavy atom. The first-order valence-corrected chi connectivity index (χ1v) is 8.76. The number of nitrogens with zero attached hydrogens (tertiary/aromatic N) is 5. The summed E-state index contributed by atoms with van der Waals surface area (Å²) in [5.41, 5.74) is 1.54. The molecule has 0 aromatic carbocycles. The highest BCUT2D eigenvalue weighted by Crippen LogP contribution is 2.30. The molecule has 0 spiro atoms. The lowest BCUT2D eigenvalue weighted by atomic mass is 10.0. The maximum absolute atomic E-state index is 13.1. The second-order valence-electron chi connectivity index (χ2n) is 6.82. The number of likely N-dealkylation sites (tertiary alicyclic amines) is 1. The zero-order chi connectivity index (χ0) is 18.0. The van der Waals surface area contributed by atoms with Crippen LogP contribution in [0.2, 0.25) is 0 Å². The molecule has 0 bridgehead atoms. The first-order chi connectivity index (χ1) is 12.0. The zero-order valence-electron chi connectivity index (χ0n) is 15.3. The number of rotatable bonds is 5. The van der Waals surface area contributed by atoms with Crippen molar-refractivity contribution in [3.8, 4) is 0 Å². The number of hydrogen-bond donors (Lipinski definition) is 1. The maximum atomic E-state index is 13.1. The summed E-state index contributed by atoms with van der Waals surface area (Å²) in [5, 5.41) is 11.6. The van der Waals surface area contributed by atoms with Gasteiger partial charge < -0.3 is 9.64 Å². The summed E-state index contributed by atoms with van der Waals surface area (Å²) in [7, 11) is 3.50. The molecule has 1 N–H and O–H groups in total. The van der Waals surface area contributed by atoms with Crippen LogP contribution in [0.1, 0.15) is 72.9 Å². The predicted octanol–water partition coefficient (Wildman–Crippen LogP) is 2.18. The van der Waals surface area contributed by atoms with Gasteiger partial charge in [0.15, 0.2) is 17.3 Å². The van der Waals surface area contributed by atoms with Crippen LogP contribution in [0.25, 0.3) is 0 Å². The molecule has 1 fully saturated rings. The number of amides is 1. The molecule has 0 unspecified atom stereocenters. The van der Waals surface area contributed by atoms with Crippen LogP contribution < -0.4 is 0 Å². The standard InChI is InChI=1S/C17H26N6O2/c1-11(2)14-9-12(21-22(14)3)17(24)23-8-6-5-7-13(23)16-18-15(10-25-4)19-20-16/h9,11,13H,5-8,10H2,1-4H3,(H,18,19,20)/t13-/m0/s1.